The minimum absolute atomic E-state index is 0.117. The molecule has 0 spiro atoms. The third kappa shape index (κ3) is 5.72. The summed E-state index contributed by atoms with van der Waals surface area (Å²) in [5.74, 6) is -1.13. The Balaban J connectivity index is 2.33. The first-order valence-corrected chi connectivity index (χ1v) is 6.85. The summed E-state index contributed by atoms with van der Waals surface area (Å²) in [6, 6.07) is -0.397. The summed E-state index contributed by atoms with van der Waals surface area (Å²) in [5, 5.41) is 13.4. The van der Waals surface area contributed by atoms with Crippen molar-refractivity contribution in [1.82, 2.24) is 10.6 Å². The summed E-state index contributed by atoms with van der Waals surface area (Å²) in [6.45, 7) is 2.10. The highest BCUT2D eigenvalue weighted by atomic mass is 16.4. The second kappa shape index (κ2) is 7.76. The van der Waals surface area contributed by atoms with Crippen LogP contribution in [-0.4, -0.2) is 29.1 Å². The van der Waals surface area contributed by atoms with Crippen LogP contribution in [0.2, 0.25) is 0 Å². The Morgan fingerprint density at radius 2 is 1.84 bits per heavy atom. The molecule has 108 valence electrons. The number of nitrogens with one attached hydrogen (secondary N) is 2. The van der Waals surface area contributed by atoms with Gasteiger partial charge in [-0.05, 0) is 18.8 Å². The van der Waals surface area contributed by atoms with Crippen molar-refractivity contribution in [3.8, 4) is 0 Å². The van der Waals surface area contributed by atoms with E-state index < -0.39 is 17.9 Å². The van der Waals surface area contributed by atoms with Crippen molar-refractivity contribution in [2.45, 2.75) is 57.9 Å². The first-order chi connectivity index (χ1) is 9.02. The first kappa shape index (κ1) is 15.5. The van der Waals surface area contributed by atoms with E-state index in [4.69, 9.17) is 5.11 Å². The highest BCUT2D eigenvalue weighted by Gasteiger charge is 2.25. The zero-order valence-corrected chi connectivity index (χ0v) is 11.3. The van der Waals surface area contributed by atoms with E-state index in [2.05, 4.69) is 17.6 Å². The molecular weight excluding hydrogens is 248 g/mol. The Labute approximate surface area is 112 Å². The number of imide groups is 1. The highest BCUT2D eigenvalue weighted by molar-refractivity contribution is 5.95. The molecule has 0 bridgehead atoms. The third-order valence-electron chi connectivity index (χ3n) is 3.57. The van der Waals surface area contributed by atoms with Gasteiger partial charge in [-0.25, -0.2) is 4.79 Å². The SMILES string of the molecule is CCC1CCCCC1NC(=O)NC(=O)CCC(=O)O. The van der Waals surface area contributed by atoms with Crippen molar-refractivity contribution in [1.29, 1.82) is 0 Å². The molecule has 6 nitrogen and oxygen atoms in total. The molecule has 0 aromatic rings. The first-order valence-electron chi connectivity index (χ1n) is 6.85. The molecule has 1 aliphatic carbocycles. The Hall–Kier alpha value is -1.59. The number of carbonyl (C=O) groups is 3. The normalized spacial score (nSPS) is 22.6. The van der Waals surface area contributed by atoms with E-state index in [9.17, 15) is 14.4 Å². The number of rotatable bonds is 5. The molecule has 0 aromatic heterocycles. The van der Waals surface area contributed by atoms with Crippen LogP contribution < -0.4 is 10.6 Å². The summed E-state index contributed by atoms with van der Waals surface area (Å²) < 4.78 is 0. The van der Waals surface area contributed by atoms with E-state index in [1.54, 1.807) is 0 Å². The zero-order chi connectivity index (χ0) is 14.3. The standard InChI is InChI=1S/C13H22N2O4/c1-2-9-5-3-4-6-10(9)14-13(19)15-11(16)7-8-12(17)18/h9-10H,2-8H2,1H3,(H,17,18)(H2,14,15,16,19). The minimum Gasteiger partial charge on any atom is -0.481 e. The number of hydrogen-bond acceptors (Lipinski definition) is 3. The second-order valence-corrected chi connectivity index (χ2v) is 4.97. The van der Waals surface area contributed by atoms with E-state index in [0.29, 0.717) is 5.92 Å². The maximum Gasteiger partial charge on any atom is 0.321 e. The molecule has 0 saturated heterocycles. The number of carboxylic acid groups (broad SMARTS) is 1. The van der Waals surface area contributed by atoms with Gasteiger partial charge < -0.3 is 10.4 Å². The van der Waals surface area contributed by atoms with Crippen LogP contribution in [0.1, 0.15) is 51.9 Å². The molecule has 19 heavy (non-hydrogen) atoms. The van der Waals surface area contributed by atoms with E-state index in [1.807, 2.05) is 0 Å². The Morgan fingerprint density at radius 3 is 2.47 bits per heavy atom. The zero-order valence-electron chi connectivity index (χ0n) is 11.3. The molecule has 3 N–H and O–H groups in total. The lowest BCUT2D eigenvalue weighted by Crippen LogP contribution is -2.48. The smallest absolute Gasteiger partial charge is 0.321 e. The van der Waals surface area contributed by atoms with Crippen molar-refractivity contribution >= 4 is 17.9 Å². The number of carbonyl (C=O) groups excluding carboxylic acids is 2. The molecule has 1 rings (SSSR count). The Bertz CT molecular complexity index is 344. The monoisotopic (exact) mass is 270 g/mol. The maximum atomic E-state index is 11.6. The van der Waals surface area contributed by atoms with Gasteiger partial charge in [0, 0.05) is 12.5 Å². The predicted octanol–water partition coefficient (Wildman–Crippen LogP) is 1.65. The molecule has 0 radical (unpaired) electrons. The average Bonchev–Trinajstić information content (AvgIpc) is 2.37. The van der Waals surface area contributed by atoms with Crippen LogP contribution in [-0.2, 0) is 9.59 Å². The number of aliphatic carboxylic acids is 1. The average molecular weight is 270 g/mol. The van der Waals surface area contributed by atoms with Crippen molar-refractivity contribution in [3.05, 3.63) is 0 Å². The van der Waals surface area contributed by atoms with E-state index in [-0.39, 0.29) is 18.9 Å². The van der Waals surface area contributed by atoms with Crippen LogP contribution >= 0.6 is 0 Å². The van der Waals surface area contributed by atoms with E-state index in [1.165, 1.54) is 6.42 Å². The number of hydrogen-bond donors (Lipinski definition) is 3. The van der Waals surface area contributed by atoms with Crippen LogP contribution in [0.5, 0.6) is 0 Å². The van der Waals surface area contributed by atoms with Crippen LogP contribution in [0, 0.1) is 5.92 Å². The van der Waals surface area contributed by atoms with Gasteiger partial charge in [-0.2, -0.15) is 0 Å². The Kier molecular flexibility index (Phi) is 6.32. The van der Waals surface area contributed by atoms with Crippen molar-refractivity contribution in [2.75, 3.05) is 0 Å². The van der Waals surface area contributed by atoms with Gasteiger partial charge in [-0.3, -0.25) is 14.9 Å². The number of carboxylic acids is 1. The topological polar surface area (TPSA) is 95.5 Å². The fourth-order valence-electron chi connectivity index (χ4n) is 2.50. The van der Waals surface area contributed by atoms with Crippen molar-refractivity contribution in [2.24, 2.45) is 5.92 Å². The molecule has 0 heterocycles. The summed E-state index contributed by atoms with van der Waals surface area (Å²) in [5.41, 5.74) is 0. The Morgan fingerprint density at radius 1 is 1.16 bits per heavy atom. The van der Waals surface area contributed by atoms with E-state index >= 15 is 0 Å². The summed E-state index contributed by atoms with van der Waals surface area (Å²) in [6.07, 6.45) is 4.90. The van der Waals surface area contributed by atoms with E-state index in [0.717, 1.165) is 25.7 Å². The molecule has 2 unspecified atom stereocenters. The molecular formula is C13H22N2O4. The van der Waals surface area contributed by atoms with Crippen molar-refractivity contribution in [3.63, 3.8) is 0 Å². The number of amides is 3. The van der Waals surface area contributed by atoms with Gasteiger partial charge in [-0.15, -0.1) is 0 Å². The summed E-state index contributed by atoms with van der Waals surface area (Å²) in [4.78, 5) is 33.3. The molecule has 1 saturated carbocycles. The fraction of sp³-hybridized carbons (Fsp3) is 0.769. The third-order valence-corrected chi connectivity index (χ3v) is 3.57. The number of urea groups is 1. The van der Waals surface area contributed by atoms with Crippen LogP contribution in [0.15, 0.2) is 0 Å². The highest BCUT2D eigenvalue weighted by Crippen LogP contribution is 2.26. The fourth-order valence-corrected chi connectivity index (χ4v) is 2.50. The lowest BCUT2D eigenvalue weighted by molar-refractivity contribution is -0.138. The molecule has 0 aromatic carbocycles. The lowest BCUT2D eigenvalue weighted by atomic mass is 9.83. The van der Waals surface area contributed by atoms with Gasteiger partial charge >= 0.3 is 12.0 Å². The molecule has 1 aliphatic rings. The van der Waals surface area contributed by atoms with Crippen LogP contribution in [0.3, 0.4) is 0 Å². The van der Waals surface area contributed by atoms with Gasteiger partial charge in [-0.1, -0.05) is 26.2 Å². The van der Waals surface area contributed by atoms with Crippen LogP contribution in [0.4, 0.5) is 4.79 Å². The summed E-state index contributed by atoms with van der Waals surface area (Å²) in [7, 11) is 0. The van der Waals surface area contributed by atoms with Gasteiger partial charge in [0.15, 0.2) is 0 Å². The predicted molar refractivity (Wildman–Crippen MR) is 69.6 cm³/mol. The van der Waals surface area contributed by atoms with Gasteiger partial charge in [0.05, 0.1) is 6.42 Å². The molecule has 6 heteroatoms. The maximum absolute atomic E-state index is 11.6. The molecule has 0 aliphatic heterocycles. The van der Waals surface area contributed by atoms with Crippen LogP contribution in [0.25, 0.3) is 0 Å². The van der Waals surface area contributed by atoms with Gasteiger partial charge in [0.1, 0.15) is 0 Å². The lowest BCUT2D eigenvalue weighted by Gasteiger charge is -2.31. The quantitative estimate of drug-likeness (QED) is 0.707. The second-order valence-electron chi connectivity index (χ2n) is 4.97. The molecule has 1 fully saturated rings. The largest absolute Gasteiger partial charge is 0.481 e. The molecule has 3 amide bonds. The minimum atomic E-state index is -1.05. The summed E-state index contributed by atoms with van der Waals surface area (Å²) >= 11 is 0. The van der Waals surface area contributed by atoms with Crippen molar-refractivity contribution < 1.29 is 19.5 Å². The van der Waals surface area contributed by atoms with Gasteiger partial charge in [0.2, 0.25) is 5.91 Å². The molecule has 2 atom stereocenters. The van der Waals surface area contributed by atoms with Gasteiger partial charge in [0.25, 0.3) is 0 Å².